The van der Waals surface area contributed by atoms with Crippen molar-refractivity contribution in [3.05, 3.63) is 51.1 Å². The summed E-state index contributed by atoms with van der Waals surface area (Å²) >= 11 is 2.29. The Kier molecular flexibility index (Phi) is 2.86. The van der Waals surface area contributed by atoms with Gasteiger partial charge in [0.25, 0.3) is 0 Å². The van der Waals surface area contributed by atoms with E-state index in [0.29, 0.717) is 5.89 Å². The SMILES string of the molecule is Cc1cc(C)c2oc(-c3ccc(I)cc3)nc2c1. The maximum Gasteiger partial charge on any atom is 0.227 e. The van der Waals surface area contributed by atoms with Crippen LogP contribution in [0.3, 0.4) is 0 Å². The zero-order chi connectivity index (χ0) is 12.7. The van der Waals surface area contributed by atoms with E-state index in [2.05, 4.69) is 65.7 Å². The van der Waals surface area contributed by atoms with Crippen LogP contribution in [0.2, 0.25) is 0 Å². The number of aryl methyl sites for hydroxylation is 2. The van der Waals surface area contributed by atoms with Crippen LogP contribution < -0.4 is 0 Å². The van der Waals surface area contributed by atoms with Gasteiger partial charge in [0, 0.05) is 9.13 Å². The second-order valence-corrected chi connectivity index (χ2v) is 5.70. The van der Waals surface area contributed by atoms with Gasteiger partial charge in [0.2, 0.25) is 5.89 Å². The molecule has 0 saturated heterocycles. The summed E-state index contributed by atoms with van der Waals surface area (Å²) in [4.78, 5) is 4.57. The molecule has 90 valence electrons. The average Bonchev–Trinajstić information content (AvgIpc) is 2.74. The predicted molar refractivity (Wildman–Crippen MR) is 81.6 cm³/mol. The second kappa shape index (κ2) is 4.39. The number of aromatic nitrogens is 1. The van der Waals surface area contributed by atoms with Gasteiger partial charge >= 0.3 is 0 Å². The molecule has 2 aromatic carbocycles. The van der Waals surface area contributed by atoms with Crippen LogP contribution in [0.25, 0.3) is 22.6 Å². The lowest BCUT2D eigenvalue weighted by Gasteiger charge is -1.95. The summed E-state index contributed by atoms with van der Waals surface area (Å²) in [5.41, 5.74) is 5.18. The molecule has 0 aliphatic carbocycles. The third-order valence-corrected chi connectivity index (χ3v) is 3.63. The van der Waals surface area contributed by atoms with Crippen molar-refractivity contribution in [2.45, 2.75) is 13.8 Å². The summed E-state index contributed by atoms with van der Waals surface area (Å²) < 4.78 is 7.07. The number of oxazole rings is 1. The van der Waals surface area contributed by atoms with Crippen molar-refractivity contribution in [1.82, 2.24) is 4.98 Å². The fraction of sp³-hybridized carbons (Fsp3) is 0.133. The number of rotatable bonds is 1. The van der Waals surface area contributed by atoms with Gasteiger partial charge in [-0.25, -0.2) is 4.98 Å². The Morgan fingerprint density at radius 1 is 1.06 bits per heavy atom. The van der Waals surface area contributed by atoms with E-state index in [-0.39, 0.29) is 0 Å². The van der Waals surface area contributed by atoms with Crippen molar-refractivity contribution in [3.8, 4) is 11.5 Å². The first kappa shape index (κ1) is 11.7. The van der Waals surface area contributed by atoms with E-state index in [1.165, 1.54) is 9.13 Å². The van der Waals surface area contributed by atoms with Gasteiger partial charge in [-0.1, -0.05) is 6.07 Å². The van der Waals surface area contributed by atoms with Crippen molar-refractivity contribution in [1.29, 1.82) is 0 Å². The summed E-state index contributed by atoms with van der Waals surface area (Å²) in [7, 11) is 0. The molecule has 0 N–H and O–H groups in total. The minimum atomic E-state index is 0.690. The predicted octanol–water partition coefficient (Wildman–Crippen LogP) is 4.72. The zero-order valence-corrected chi connectivity index (χ0v) is 12.4. The highest BCUT2D eigenvalue weighted by molar-refractivity contribution is 14.1. The standard InChI is InChI=1S/C15H12INO/c1-9-7-10(2)14-13(8-9)17-15(18-14)11-3-5-12(16)6-4-11/h3-8H,1-2H3. The molecule has 0 amide bonds. The third kappa shape index (κ3) is 2.03. The lowest BCUT2D eigenvalue weighted by atomic mass is 10.1. The first-order chi connectivity index (χ1) is 8.63. The van der Waals surface area contributed by atoms with E-state index in [9.17, 15) is 0 Å². The average molecular weight is 349 g/mol. The van der Waals surface area contributed by atoms with Crippen LogP contribution in [-0.4, -0.2) is 4.98 Å². The highest BCUT2D eigenvalue weighted by atomic mass is 127. The molecule has 1 heterocycles. The Balaban J connectivity index is 2.19. The molecule has 0 radical (unpaired) electrons. The number of nitrogens with zero attached hydrogens (tertiary/aromatic N) is 1. The normalized spacial score (nSPS) is 11.1. The van der Waals surface area contributed by atoms with Crippen molar-refractivity contribution >= 4 is 33.7 Å². The van der Waals surface area contributed by atoms with E-state index in [1.807, 2.05) is 12.1 Å². The number of benzene rings is 2. The highest BCUT2D eigenvalue weighted by Crippen LogP contribution is 2.27. The summed E-state index contributed by atoms with van der Waals surface area (Å²) in [5.74, 6) is 0.690. The zero-order valence-electron chi connectivity index (χ0n) is 10.2. The van der Waals surface area contributed by atoms with Crippen molar-refractivity contribution in [3.63, 3.8) is 0 Å². The van der Waals surface area contributed by atoms with Crippen LogP contribution in [0.15, 0.2) is 40.8 Å². The van der Waals surface area contributed by atoms with Crippen LogP contribution in [0.4, 0.5) is 0 Å². The molecule has 0 aliphatic rings. The van der Waals surface area contributed by atoms with Gasteiger partial charge < -0.3 is 4.42 Å². The minimum absolute atomic E-state index is 0.690. The van der Waals surface area contributed by atoms with Gasteiger partial charge in [0.1, 0.15) is 5.52 Å². The highest BCUT2D eigenvalue weighted by Gasteiger charge is 2.10. The first-order valence-electron chi connectivity index (χ1n) is 5.77. The number of halogens is 1. The molecule has 3 heteroatoms. The van der Waals surface area contributed by atoms with E-state index < -0.39 is 0 Å². The number of hydrogen-bond donors (Lipinski definition) is 0. The Morgan fingerprint density at radius 3 is 2.50 bits per heavy atom. The summed E-state index contributed by atoms with van der Waals surface area (Å²) in [5, 5.41) is 0. The van der Waals surface area contributed by atoms with Crippen LogP contribution in [0.1, 0.15) is 11.1 Å². The lowest BCUT2D eigenvalue weighted by Crippen LogP contribution is -1.78. The van der Waals surface area contributed by atoms with Crippen LogP contribution >= 0.6 is 22.6 Å². The van der Waals surface area contributed by atoms with Gasteiger partial charge in [-0.05, 0) is 77.9 Å². The van der Waals surface area contributed by atoms with Crippen LogP contribution in [-0.2, 0) is 0 Å². The van der Waals surface area contributed by atoms with Gasteiger partial charge in [-0.3, -0.25) is 0 Å². The molecule has 0 aliphatic heterocycles. The second-order valence-electron chi connectivity index (χ2n) is 4.46. The Bertz CT molecular complexity index is 713. The molecule has 1 aromatic heterocycles. The monoisotopic (exact) mass is 349 g/mol. The molecule has 0 unspecified atom stereocenters. The van der Waals surface area contributed by atoms with Gasteiger partial charge in [-0.15, -0.1) is 0 Å². The molecule has 3 aromatic rings. The maximum absolute atomic E-state index is 5.87. The fourth-order valence-corrected chi connectivity index (χ4v) is 2.45. The van der Waals surface area contributed by atoms with Crippen molar-refractivity contribution < 1.29 is 4.42 Å². The first-order valence-corrected chi connectivity index (χ1v) is 6.85. The minimum Gasteiger partial charge on any atom is -0.436 e. The van der Waals surface area contributed by atoms with E-state index >= 15 is 0 Å². The van der Waals surface area contributed by atoms with E-state index in [1.54, 1.807) is 0 Å². The Morgan fingerprint density at radius 2 is 1.78 bits per heavy atom. The van der Waals surface area contributed by atoms with Crippen molar-refractivity contribution in [2.24, 2.45) is 0 Å². The number of fused-ring (bicyclic) bond motifs is 1. The molecule has 3 rings (SSSR count). The molecular formula is C15H12INO. The molecule has 2 nitrogen and oxygen atoms in total. The van der Waals surface area contributed by atoms with Gasteiger partial charge in [0.05, 0.1) is 0 Å². The van der Waals surface area contributed by atoms with Crippen LogP contribution in [0, 0.1) is 17.4 Å². The van der Waals surface area contributed by atoms with Crippen LogP contribution in [0.5, 0.6) is 0 Å². The number of hydrogen-bond acceptors (Lipinski definition) is 2. The Hall–Kier alpha value is -1.36. The van der Waals surface area contributed by atoms with Gasteiger partial charge in [0.15, 0.2) is 5.58 Å². The molecular weight excluding hydrogens is 337 g/mol. The van der Waals surface area contributed by atoms with Crippen molar-refractivity contribution in [2.75, 3.05) is 0 Å². The summed E-state index contributed by atoms with van der Waals surface area (Å²) in [6, 6.07) is 12.4. The van der Waals surface area contributed by atoms with E-state index in [0.717, 1.165) is 22.2 Å². The quantitative estimate of drug-likeness (QED) is 0.595. The molecule has 0 spiro atoms. The van der Waals surface area contributed by atoms with Gasteiger partial charge in [-0.2, -0.15) is 0 Å². The lowest BCUT2D eigenvalue weighted by molar-refractivity contribution is 0.617. The summed E-state index contributed by atoms with van der Waals surface area (Å²) in [6.45, 7) is 4.13. The molecule has 0 saturated carbocycles. The molecule has 0 atom stereocenters. The smallest absolute Gasteiger partial charge is 0.227 e. The topological polar surface area (TPSA) is 26.0 Å². The third-order valence-electron chi connectivity index (χ3n) is 2.91. The fourth-order valence-electron chi connectivity index (χ4n) is 2.09. The largest absolute Gasteiger partial charge is 0.436 e. The van der Waals surface area contributed by atoms with E-state index in [4.69, 9.17) is 4.42 Å². The Labute approximate surface area is 119 Å². The summed E-state index contributed by atoms with van der Waals surface area (Å²) in [6.07, 6.45) is 0. The maximum atomic E-state index is 5.87. The molecule has 0 fully saturated rings. The molecule has 0 bridgehead atoms. The molecule has 18 heavy (non-hydrogen) atoms.